The van der Waals surface area contributed by atoms with Gasteiger partial charge in [0, 0.05) is 11.7 Å². The number of hydrogen-bond donors (Lipinski definition) is 1. The molecule has 116 valence electrons. The van der Waals surface area contributed by atoms with Crippen molar-refractivity contribution in [3.8, 4) is 0 Å². The van der Waals surface area contributed by atoms with E-state index in [-0.39, 0.29) is 0 Å². The molecule has 0 atom stereocenters. The molecule has 1 N–H and O–H groups in total. The summed E-state index contributed by atoms with van der Waals surface area (Å²) in [7, 11) is 0. The molecule has 21 heavy (non-hydrogen) atoms. The Hall–Kier alpha value is -0.600. The van der Waals surface area contributed by atoms with E-state index in [0.717, 1.165) is 12.3 Å². The Morgan fingerprint density at radius 2 is 1.95 bits per heavy atom. The summed E-state index contributed by atoms with van der Waals surface area (Å²) < 4.78 is 0. The fourth-order valence-electron chi connectivity index (χ4n) is 4.16. The van der Waals surface area contributed by atoms with Gasteiger partial charge in [-0.25, -0.2) is 4.98 Å². The highest BCUT2D eigenvalue weighted by Gasteiger charge is 2.43. The van der Waals surface area contributed by atoms with Gasteiger partial charge in [0.2, 0.25) is 0 Å². The Balaban J connectivity index is 1.23. The summed E-state index contributed by atoms with van der Waals surface area (Å²) in [5.41, 5.74) is 1.86. The highest BCUT2D eigenvalue weighted by atomic mass is 35.5. The summed E-state index contributed by atoms with van der Waals surface area (Å²) in [4.78, 5) is 4.13. The standard InChI is InChI=1S/C18H27ClN2/c19-17-7-6-16(14-20-17)5-3-1-2-4-12-21-18-10-8-15(13-18)9-11-18/h6-7,14-15,21H,1-5,8-13H2. The number of aromatic nitrogens is 1. The van der Waals surface area contributed by atoms with E-state index in [1.165, 1.54) is 69.9 Å². The molecule has 0 saturated heterocycles. The molecule has 2 aliphatic rings. The van der Waals surface area contributed by atoms with Gasteiger partial charge in [-0.15, -0.1) is 0 Å². The smallest absolute Gasteiger partial charge is 0.129 e. The number of halogens is 1. The van der Waals surface area contributed by atoms with Crippen LogP contribution in [0.2, 0.25) is 5.15 Å². The van der Waals surface area contributed by atoms with Gasteiger partial charge in [0.1, 0.15) is 5.15 Å². The lowest BCUT2D eigenvalue weighted by atomic mass is 9.93. The highest BCUT2D eigenvalue weighted by Crippen LogP contribution is 2.47. The Bertz CT molecular complexity index is 435. The zero-order valence-electron chi connectivity index (χ0n) is 12.9. The molecule has 0 unspecified atom stereocenters. The minimum Gasteiger partial charge on any atom is -0.311 e. The molecule has 1 aromatic rings. The Kier molecular flexibility index (Phi) is 5.18. The number of hydrogen-bond acceptors (Lipinski definition) is 2. The predicted molar refractivity (Wildman–Crippen MR) is 88.7 cm³/mol. The van der Waals surface area contributed by atoms with Crippen LogP contribution in [0.15, 0.2) is 18.3 Å². The minimum absolute atomic E-state index is 0.555. The average molecular weight is 307 g/mol. The Morgan fingerprint density at radius 1 is 1.14 bits per heavy atom. The number of aryl methyl sites for hydroxylation is 1. The van der Waals surface area contributed by atoms with Crippen LogP contribution >= 0.6 is 11.6 Å². The fraction of sp³-hybridized carbons (Fsp3) is 0.722. The van der Waals surface area contributed by atoms with Crippen molar-refractivity contribution in [1.82, 2.24) is 10.3 Å². The van der Waals surface area contributed by atoms with Gasteiger partial charge in [-0.2, -0.15) is 0 Å². The molecule has 3 rings (SSSR count). The molecule has 2 nitrogen and oxygen atoms in total. The van der Waals surface area contributed by atoms with Crippen LogP contribution in [0.1, 0.15) is 63.4 Å². The van der Waals surface area contributed by atoms with Gasteiger partial charge in [-0.05, 0) is 75.5 Å². The lowest BCUT2D eigenvalue weighted by Crippen LogP contribution is -2.41. The zero-order valence-corrected chi connectivity index (χ0v) is 13.7. The van der Waals surface area contributed by atoms with Gasteiger partial charge in [0.25, 0.3) is 0 Å². The fourth-order valence-corrected chi connectivity index (χ4v) is 4.27. The SMILES string of the molecule is Clc1ccc(CCCCCCNC23CCC(CC2)C3)cn1. The molecule has 0 spiro atoms. The first-order valence-corrected chi connectivity index (χ1v) is 8.99. The first-order chi connectivity index (χ1) is 10.3. The maximum atomic E-state index is 5.79. The van der Waals surface area contributed by atoms with Crippen molar-refractivity contribution in [3.63, 3.8) is 0 Å². The van der Waals surface area contributed by atoms with Crippen molar-refractivity contribution in [1.29, 1.82) is 0 Å². The minimum atomic E-state index is 0.555. The zero-order chi connectivity index (χ0) is 14.5. The molecule has 1 heterocycles. The van der Waals surface area contributed by atoms with Crippen LogP contribution in [0, 0.1) is 5.92 Å². The summed E-state index contributed by atoms with van der Waals surface area (Å²) in [5, 5.41) is 4.46. The molecule has 2 fully saturated rings. The maximum Gasteiger partial charge on any atom is 0.129 e. The second kappa shape index (κ2) is 7.11. The average Bonchev–Trinajstić information content (AvgIpc) is 3.09. The first kappa shape index (κ1) is 15.3. The van der Waals surface area contributed by atoms with Crippen LogP contribution in [-0.2, 0) is 6.42 Å². The van der Waals surface area contributed by atoms with Crippen molar-refractivity contribution in [2.45, 2.75) is 69.7 Å². The molecule has 0 aliphatic heterocycles. The van der Waals surface area contributed by atoms with Crippen LogP contribution in [0.3, 0.4) is 0 Å². The molecular formula is C18H27ClN2. The molecule has 0 aromatic carbocycles. The Labute approximate surface area is 133 Å². The van der Waals surface area contributed by atoms with Crippen LogP contribution in [0.5, 0.6) is 0 Å². The predicted octanol–water partition coefficient (Wildman–Crippen LogP) is 4.76. The number of rotatable bonds is 8. The van der Waals surface area contributed by atoms with E-state index in [1.54, 1.807) is 0 Å². The number of nitrogens with one attached hydrogen (secondary N) is 1. The van der Waals surface area contributed by atoms with Crippen LogP contribution in [-0.4, -0.2) is 17.1 Å². The van der Waals surface area contributed by atoms with Crippen LogP contribution < -0.4 is 5.32 Å². The monoisotopic (exact) mass is 306 g/mol. The van der Waals surface area contributed by atoms with Gasteiger partial charge in [-0.1, -0.05) is 30.5 Å². The topological polar surface area (TPSA) is 24.9 Å². The second-order valence-corrected chi connectivity index (χ2v) is 7.40. The molecule has 2 bridgehead atoms. The third-order valence-electron chi connectivity index (χ3n) is 5.42. The number of pyridine rings is 1. The number of nitrogens with zero attached hydrogens (tertiary/aromatic N) is 1. The van der Waals surface area contributed by atoms with E-state index >= 15 is 0 Å². The van der Waals surface area contributed by atoms with E-state index in [4.69, 9.17) is 11.6 Å². The third kappa shape index (κ3) is 4.20. The van der Waals surface area contributed by atoms with E-state index in [9.17, 15) is 0 Å². The van der Waals surface area contributed by atoms with E-state index in [2.05, 4.69) is 16.4 Å². The molecule has 3 heteroatoms. The summed E-state index contributed by atoms with van der Waals surface area (Å²) in [6, 6.07) is 3.98. The van der Waals surface area contributed by atoms with Gasteiger partial charge < -0.3 is 5.32 Å². The van der Waals surface area contributed by atoms with Gasteiger partial charge in [0.15, 0.2) is 0 Å². The molecule has 0 radical (unpaired) electrons. The lowest BCUT2D eigenvalue weighted by molar-refractivity contribution is 0.324. The van der Waals surface area contributed by atoms with E-state index < -0.39 is 0 Å². The third-order valence-corrected chi connectivity index (χ3v) is 5.65. The summed E-state index contributed by atoms with van der Waals surface area (Å²) in [5.74, 6) is 1.05. The van der Waals surface area contributed by atoms with Crippen LogP contribution in [0.25, 0.3) is 0 Å². The summed E-state index contributed by atoms with van der Waals surface area (Å²) in [6.45, 7) is 1.22. The van der Waals surface area contributed by atoms with Crippen molar-refractivity contribution < 1.29 is 0 Å². The van der Waals surface area contributed by atoms with Crippen molar-refractivity contribution in [2.24, 2.45) is 5.92 Å². The largest absolute Gasteiger partial charge is 0.311 e. The van der Waals surface area contributed by atoms with Gasteiger partial charge in [-0.3, -0.25) is 0 Å². The second-order valence-electron chi connectivity index (χ2n) is 7.01. The molecule has 1 aromatic heterocycles. The quantitative estimate of drug-likeness (QED) is 0.553. The normalized spacial score (nSPS) is 27.4. The number of fused-ring (bicyclic) bond motifs is 2. The summed E-state index contributed by atoms with van der Waals surface area (Å²) in [6.07, 6.45) is 15.5. The van der Waals surface area contributed by atoms with Crippen molar-refractivity contribution in [2.75, 3.05) is 6.54 Å². The van der Waals surface area contributed by atoms with Gasteiger partial charge in [0.05, 0.1) is 0 Å². The van der Waals surface area contributed by atoms with Crippen LogP contribution in [0.4, 0.5) is 0 Å². The maximum absolute atomic E-state index is 5.79. The molecule has 2 saturated carbocycles. The first-order valence-electron chi connectivity index (χ1n) is 8.61. The molecule has 2 aliphatic carbocycles. The summed E-state index contributed by atoms with van der Waals surface area (Å²) >= 11 is 5.79. The van der Waals surface area contributed by atoms with Crippen molar-refractivity contribution >= 4 is 11.6 Å². The van der Waals surface area contributed by atoms with E-state index in [0.29, 0.717) is 10.7 Å². The highest BCUT2D eigenvalue weighted by molar-refractivity contribution is 6.29. The lowest BCUT2D eigenvalue weighted by Gasteiger charge is -2.28. The Morgan fingerprint density at radius 3 is 2.62 bits per heavy atom. The molecule has 0 amide bonds. The van der Waals surface area contributed by atoms with Crippen molar-refractivity contribution in [3.05, 3.63) is 29.0 Å². The molecular weight excluding hydrogens is 280 g/mol. The van der Waals surface area contributed by atoms with Gasteiger partial charge >= 0.3 is 0 Å². The van der Waals surface area contributed by atoms with E-state index in [1.807, 2.05) is 12.3 Å². The number of unbranched alkanes of at least 4 members (excludes halogenated alkanes) is 3.